The van der Waals surface area contributed by atoms with Crippen molar-refractivity contribution in [1.82, 2.24) is 5.32 Å². The van der Waals surface area contributed by atoms with Gasteiger partial charge in [0, 0.05) is 6.04 Å². The van der Waals surface area contributed by atoms with E-state index in [2.05, 4.69) is 11.4 Å². The van der Waals surface area contributed by atoms with Gasteiger partial charge in [0.15, 0.2) is 0 Å². The molecule has 1 aliphatic rings. The minimum Gasteiger partial charge on any atom is -0.497 e. The highest BCUT2D eigenvalue weighted by Gasteiger charge is 2.20. The van der Waals surface area contributed by atoms with E-state index < -0.39 is 0 Å². The lowest BCUT2D eigenvalue weighted by molar-refractivity contribution is 0.0118. The van der Waals surface area contributed by atoms with Crippen LogP contribution in [0.2, 0.25) is 0 Å². The van der Waals surface area contributed by atoms with Crippen molar-refractivity contribution in [2.24, 2.45) is 0 Å². The zero-order valence-corrected chi connectivity index (χ0v) is 11.3. The Hall–Kier alpha value is -1.06. The second kappa shape index (κ2) is 6.76. The molecule has 1 aliphatic carbocycles. The minimum atomic E-state index is 0.417. The number of nitrogens with one attached hydrogen (secondary N) is 1. The van der Waals surface area contributed by atoms with Crippen LogP contribution in [0, 0.1) is 0 Å². The summed E-state index contributed by atoms with van der Waals surface area (Å²) in [6.45, 7) is 0.687. The topological polar surface area (TPSA) is 30.5 Å². The zero-order chi connectivity index (χ0) is 12.8. The second-order valence-electron chi connectivity index (χ2n) is 4.92. The molecule has 1 aromatic carbocycles. The van der Waals surface area contributed by atoms with Crippen LogP contribution in [0.5, 0.6) is 5.75 Å². The number of benzene rings is 1. The van der Waals surface area contributed by atoms with Gasteiger partial charge < -0.3 is 14.8 Å². The average molecular weight is 249 g/mol. The predicted octanol–water partition coefficient (Wildman–Crippen LogP) is 2.74. The molecule has 3 heteroatoms. The summed E-state index contributed by atoms with van der Waals surface area (Å²) < 4.78 is 11.2. The molecule has 1 N–H and O–H groups in total. The molecule has 1 saturated carbocycles. The Morgan fingerprint density at radius 3 is 2.67 bits per heavy atom. The van der Waals surface area contributed by atoms with Crippen molar-refractivity contribution < 1.29 is 9.47 Å². The fourth-order valence-corrected chi connectivity index (χ4v) is 2.49. The predicted molar refractivity (Wildman–Crippen MR) is 72.9 cm³/mol. The van der Waals surface area contributed by atoms with Crippen molar-refractivity contribution in [2.75, 3.05) is 14.2 Å². The summed E-state index contributed by atoms with van der Waals surface area (Å²) in [7, 11) is 3.74. The maximum absolute atomic E-state index is 5.98. The summed E-state index contributed by atoms with van der Waals surface area (Å²) in [5, 5.41) is 3.34. The first-order chi connectivity index (χ1) is 8.81. The van der Waals surface area contributed by atoms with Crippen LogP contribution in [0.25, 0.3) is 0 Å². The van der Waals surface area contributed by atoms with E-state index in [1.54, 1.807) is 7.11 Å². The van der Waals surface area contributed by atoms with Gasteiger partial charge in [0.2, 0.25) is 0 Å². The van der Waals surface area contributed by atoms with Crippen LogP contribution in [0.15, 0.2) is 24.3 Å². The Labute approximate surface area is 109 Å². The van der Waals surface area contributed by atoms with Crippen LogP contribution in [-0.4, -0.2) is 26.3 Å². The summed E-state index contributed by atoms with van der Waals surface area (Å²) in [6, 6.07) is 8.78. The molecule has 0 spiro atoms. The van der Waals surface area contributed by atoms with Crippen LogP contribution < -0.4 is 10.1 Å². The Bertz CT molecular complexity index is 359. The normalized spacial score (nSPS) is 23.9. The van der Waals surface area contributed by atoms with Gasteiger partial charge in [-0.3, -0.25) is 0 Å². The van der Waals surface area contributed by atoms with Gasteiger partial charge in [-0.2, -0.15) is 0 Å². The molecule has 1 fully saturated rings. The van der Waals surface area contributed by atoms with E-state index in [0.29, 0.717) is 18.8 Å². The first kappa shape index (κ1) is 13.4. The third-order valence-corrected chi connectivity index (χ3v) is 3.70. The van der Waals surface area contributed by atoms with Crippen LogP contribution in [0.3, 0.4) is 0 Å². The molecule has 0 aliphatic heterocycles. The van der Waals surface area contributed by atoms with Gasteiger partial charge in [-0.05, 0) is 50.4 Å². The van der Waals surface area contributed by atoms with Crippen molar-refractivity contribution in [1.29, 1.82) is 0 Å². The number of ether oxygens (including phenoxy) is 2. The van der Waals surface area contributed by atoms with Gasteiger partial charge in [0.1, 0.15) is 5.75 Å². The molecule has 100 valence electrons. The van der Waals surface area contributed by atoms with E-state index in [-0.39, 0.29) is 0 Å². The lowest BCUT2D eigenvalue weighted by Gasteiger charge is -2.28. The largest absolute Gasteiger partial charge is 0.497 e. The number of hydrogen-bond donors (Lipinski definition) is 1. The van der Waals surface area contributed by atoms with Crippen molar-refractivity contribution in [3.63, 3.8) is 0 Å². The number of methoxy groups -OCH3 is 1. The van der Waals surface area contributed by atoms with E-state index in [0.717, 1.165) is 18.6 Å². The summed E-state index contributed by atoms with van der Waals surface area (Å²) in [6.07, 6.45) is 5.18. The number of rotatable bonds is 5. The van der Waals surface area contributed by atoms with Crippen molar-refractivity contribution in [3.05, 3.63) is 29.8 Å². The van der Waals surface area contributed by atoms with Gasteiger partial charge >= 0.3 is 0 Å². The van der Waals surface area contributed by atoms with Crippen LogP contribution in [0.1, 0.15) is 31.2 Å². The zero-order valence-electron chi connectivity index (χ0n) is 11.3. The quantitative estimate of drug-likeness (QED) is 0.870. The molecule has 0 saturated heterocycles. The van der Waals surface area contributed by atoms with Crippen molar-refractivity contribution in [2.45, 2.75) is 44.4 Å². The molecule has 0 unspecified atom stereocenters. The van der Waals surface area contributed by atoms with Gasteiger partial charge in [0.25, 0.3) is 0 Å². The molecule has 0 atom stereocenters. The van der Waals surface area contributed by atoms with Crippen molar-refractivity contribution in [3.8, 4) is 5.75 Å². The van der Waals surface area contributed by atoms with Crippen molar-refractivity contribution >= 4 is 0 Å². The summed E-state index contributed by atoms with van der Waals surface area (Å²) >= 11 is 0. The molecule has 2 rings (SSSR count). The highest BCUT2D eigenvalue weighted by Crippen LogP contribution is 2.22. The summed E-state index contributed by atoms with van der Waals surface area (Å²) in [5.74, 6) is 0.898. The SMILES string of the molecule is CNC1CCC(OCc2cccc(OC)c2)CC1. The third-order valence-electron chi connectivity index (χ3n) is 3.70. The first-order valence-electron chi connectivity index (χ1n) is 6.73. The number of hydrogen-bond acceptors (Lipinski definition) is 3. The van der Waals surface area contributed by atoms with E-state index in [1.807, 2.05) is 25.2 Å². The summed E-state index contributed by atoms with van der Waals surface area (Å²) in [4.78, 5) is 0. The molecule has 18 heavy (non-hydrogen) atoms. The highest BCUT2D eigenvalue weighted by molar-refractivity contribution is 5.27. The molecular weight excluding hydrogens is 226 g/mol. The summed E-state index contributed by atoms with van der Waals surface area (Å²) in [5.41, 5.74) is 1.19. The molecule has 0 bridgehead atoms. The van der Waals surface area contributed by atoms with Gasteiger partial charge in [-0.25, -0.2) is 0 Å². The fourth-order valence-electron chi connectivity index (χ4n) is 2.49. The highest BCUT2D eigenvalue weighted by atomic mass is 16.5. The van der Waals surface area contributed by atoms with Crippen LogP contribution in [-0.2, 0) is 11.3 Å². The Morgan fingerprint density at radius 1 is 1.22 bits per heavy atom. The molecule has 3 nitrogen and oxygen atoms in total. The van der Waals surface area contributed by atoms with Gasteiger partial charge in [-0.15, -0.1) is 0 Å². The van der Waals surface area contributed by atoms with Gasteiger partial charge in [-0.1, -0.05) is 12.1 Å². The minimum absolute atomic E-state index is 0.417. The maximum atomic E-state index is 5.98. The third kappa shape index (κ3) is 3.72. The molecule has 0 heterocycles. The molecule has 0 aromatic heterocycles. The monoisotopic (exact) mass is 249 g/mol. The Morgan fingerprint density at radius 2 is 2.00 bits per heavy atom. The second-order valence-corrected chi connectivity index (χ2v) is 4.92. The maximum Gasteiger partial charge on any atom is 0.119 e. The van der Waals surface area contributed by atoms with E-state index in [1.165, 1.54) is 18.4 Å². The smallest absolute Gasteiger partial charge is 0.119 e. The fraction of sp³-hybridized carbons (Fsp3) is 0.600. The molecular formula is C15H23NO2. The van der Waals surface area contributed by atoms with Crippen LogP contribution >= 0.6 is 0 Å². The Balaban J connectivity index is 1.77. The first-order valence-corrected chi connectivity index (χ1v) is 6.73. The average Bonchev–Trinajstić information content (AvgIpc) is 2.46. The molecule has 1 aromatic rings. The molecule has 0 amide bonds. The van der Waals surface area contributed by atoms with E-state index >= 15 is 0 Å². The standard InChI is InChI=1S/C15H23NO2/c1-16-13-6-8-14(9-7-13)18-11-12-4-3-5-15(10-12)17-2/h3-5,10,13-14,16H,6-9,11H2,1-2H3. The van der Waals surface area contributed by atoms with Gasteiger partial charge in [0.05, 0.1) is 19.8 Å². The Kier molecular flexibility index (Phi) is 5.02. The van der Waals surface area contributed by atoms with Crippen LogP contribution in [0.4, 0.5) is 0 Å². The van der Waals surface area contributed by atoms with E-state index in [9.17, 15) is 0 Å². The molecule has 0 radical (unpaired) electrons. The lowest BCUT2D eigenvalue weighted by Crippen LogP contribution is -2.32. The van der Waals surface area contributed by atoms with E-state index in [4.69, 9.17) is 9.47 Å². The lowest BCUT2D eigenvalue weighted by atomic mass is 9.93.